The molecular weight excluding hydrogens is 653 g/mol. The summed E-state index contributed by atoms with van der Waals surface area (Å²) in [5.41, 5.74) is 13.2. The Kier molecular flexibility index (Phi) is 7.42. The minimum atomic E-state index is -0.235. The van der Waals surface area contributed by atoms with Crippen LogP contribution >= 0.6 is 0 Å². The monoisotopic (exact) mass is 692 g/mol. The largest absolute Gasteiger partial charge is 0.310 e. The van der Waals surface area contributed by atoms with Crippen LogP contribution in [0.5, 0.6) is 0 Å². The number of para-hydroxylation sites is 1. The second kappa shape index (κ2) is 12.5. The van der Waals surface area contributed by atoms with Crippen LogP contribution in [0.25, 0.3) is 43.4 Å². The fourth-order valence-corrected chi connectivity index (χ4v) is 8.81. The third-order valence-corrected chi connectivity index (χ3v) is 11.4. The average molecular weight is 693 g/mol. The molecule has 0 heterocycles. The van der Waals surface area contributed by atoms with E-state index in [1.54, 1.807) is 0 Å². The van der Waals surface area contributed by atoms with E-state index in [-0.39, 0.29) is 5.41 Å². The summed E-state index contributed by atoms with van der Waals surface area (Å²) in [6, 6.07) is 69.1. The zero-order valence-corrected chi connectivity index (χ0v) is 30.8. The van der Waals surface area contributed by atoms with Crippen molar-refractivity contribution >= 4 is 66.4 Å². The molecule has 54 heavy (non-hydrogen) atoms. The molecule has 2 heteroatoms. The normalized spacial score (nSPS) is 12.9. The highest BCUT2D eigenvalue weighted by Gasteiger charge is 2.37. The molecule has 0 fully saturated rings. The molecule has 0 saturated carbocycles. The van der Waals surface area contributed by atoms with Crippen LogP contribution in [0.2, 0.25) is 0 Å². The lowest BCUT2D eigenvalue weighted by atomic mass is 9.82. The van der Waals surface area contributed by atoms with Crippen LogP contribution in [0.1, 0.15) is 30.5 Å². The van der Waals surface area contributed by atoms with Gasteiger partial charge in [-0.1, -0.05) is 141 Å². The van der Waals surface area contributed by atoms with E-state index in [2.05, 4.69) is 219 Å². The van der Waals surface area contributed by atoms with Crippen molar-refractivity contribution in [3.05, 3.63) is 205 Å². The van der Waals surface area contributed by atoms with E-state index < -0.39 is 0 Å². The highest BCUT2D eigenvalue weighted by atomic mass is 15.1. The van der Waals surface area contributed by atoms with Crippen LogP contribution in [0.15, 0.2) is 188 Å². The molecule has 1 aliphatic rings. The number of hydrogen-bond donors (Lipinski definition) is 0. The van der Waals surface area contributed by atoms with Gasteiger partial charge in [0.25, 0.3) is 0 Å². The molecule has 0 bridgehead atoms. The Morgan fingerprint density at radius 3 is 1.57 bits per heavy atom. The Bertz CT molecular complexity index is 2880. The third kappa shape index (κ3) is 5.09. The Hall–Kier alpha value is -6.64. The van der Waals surface area contributed by atoms with Crippen molar-refractivity contribution in [2.45, 2.75) is 26.2 Å². The zero-order valence-electron chi connectivity index (χ0n) is 30.8. The molecule has 10 rings (SSSR count). The predicted octanol–water partition coefficient (Wildman–Crippen LogP) is 14.7. The standard InChI is InChI=1S/C52H40N2/c1-35-15-13-21-39(31-35)54(51-32-37-17-8-9-22-42(37)44-24-11-12-25-47(44)51)41-28-30-46-45-29-27-40(33-48(45)52(2,3)49(46)34-41)53(38-19-5-4-6-20-38)50-26-14-18-36-16-7-10-23-43(36)50/h4-34H,1-3H3. The van der Waals surface area contributed by atoms with Gasteiger partial charge in [0.2, 0.25) is 0 Å². The average Bonchev–Trinajstić information content (AvgIpc) is 3.43. The van der Waals surface area contributed by atoms with Gasteiger partial charge in [0.05, 0.1) is 11.4 Å². The topological polar surface area (TPSA) is 6.48 Å². The highest BCUT2D eigenvalue weighted by molar-refractivity contribution is 6.14. The quantitative estimate of drug-likeness (QED) is 0.160. The second-order valence-corrected chi connectivity index (χ2v) is 15.1. The lowest BCUT2D eigenvalue weighted by Crippen LogP contribution is -2.18. The van der Waals surface area contributed by atoms with Crippen molar-refractivity contribution in [1.29, 1.82) is 0 Å². The molecule has 258 valence electrons. The van der Waals surface area contributed by atoms with Crippen LogP contribution in [0.4, 0.5) is 34.1 Å². The number of benzene rings is 9. The molecule has 0 unspecified atom stereocenters. The van der Waals surface area contributed by atoms with E-state index in [9.17, 15) is 0 Å². The van der Waals surface area contributed by atoms with Crippen molar-refractivity contribution in [2.24, 2.45) is 0 Å². The Morgan fingerprint density at radius 1 is 0.352 bits per heavy atom. The van der Waals surface area contributed by atoms with E-state index in [1.807, 2.05) is 0 Å². The fourth-order valence-electron chi connectivity index (χ4n) is 8.81. The van der Waals surface area contributed by atoms with Crippen LogP contribution in [0.3, 0.4) is 0 Å². The molecule has 1 aliphatic carbocycles. The molecule has 0 saturated heterocycles. The Morgan fingerprint density at radius 2 is 0.870 bits per heavy atom. The minimum absolute atomic E-state index is 0.235. The number of rotatable bonds is 6. The molecule has 0 aromatic heterocycles. The molecule has 2 nitrogen and oxygen atoms in total. The first-order chi connectivity index (χ1) is 26.5. The summed E-state index contributed by atoms with van der Waals surface area (Å²) < 4.78 is 0. The molecule has 0 aliphatic heterocycles. The van der Waals surface area contributed by atoms with E-state index in [1.165, 1.54) is 71.5 Å². The summed E-state index contributed by atoms with van der Waals surface area (Å²) in [5.74, 6) is 0. The first-order valence-electron chi connectivity index (χ1n) is 18.9. The van der Waals surface area contributed by atoms with Gasteiger partial charge in [-0.05, 0) is 117 Å². The van der Waals surface area contributed by atoms with Crippen LogP contribution < -0.4 is 9.80 Å². The van der Waals surface area contributed by atoms with E-state index in [0.29, 0.717) is 0 Å². The molecule has 9 aromatic rings. The van der Waals surface area contributed by atoms with Gasteiger partial charge in [-0.2, -0.15) is 0 Å². The summed E-state index contributed by atoms with van der Waals surface area (Å²) in [6.45, 7) is 6.95. The molecule has 0 spiro atoms. The van der Waals surface area contributed by atoms with Crippen LogP contribution in [0, 0.1) is 6.92 Å². The smallest absolute Gasteiger partial charge is 0.0546 e. The molecule has 0 N–H and O–H groups in total. The van der Waals surface area contributed by atoms with Crippen molar-refractivity contribution in [2.75, 3.05) is 9.80 Å². The molecule has 0 amide bonds. The summed E-state index contributed by atoms with van der Waals surface area (Å²) in [4.78, 5) is 4.88. The van der Waals surface area contributed by atoms with Crippen molar-refractivity contribution < 1.29 is 0 Å². The van der Waals surface area contributed by atoms with Gasteiger partial charge < -0.3 is 9.80 Å². The molecule has 9 aromatic carbocycles. The van der Waals surface area contributed by atoms with Crippen molar-refractivity contribution in [3.8, 4) is 11.1 Å². The second-order valence-electron chi connectivity index (χ2n) is 15.1. The highest BCUT2D eigenvalue weighted by Crippen LogP contribution is 2.53. The first-order valence-corrected chi connectivity index (χ1v) is 18.9. The molecule has 0 atom stereocenters. The van der Waals surface area contributed by atoms with Gasteiger partial charge in [-0.25, -0.2) is 0 Å². The Balaban J connectivity index is 1.14. The lowest BCUT2D eigenvalue weighted by molar-refractivity contribution is 0.660. The number of anilines is 6. The van der Waals surface area contributed by atoms with Gasteiger partial charge in [0, 0.05) is 38.9 Å². The summed E-state index contributed by atoms with van der Waals surface area (Å²) in [5, 5.41) is 7.47. The molecule has 0 radical (unpaired) electrons. The summed E-state index contributed by atoms with van der Waals surface area (Å²) >= 11 is 0. The van der Waals surface area contributed by atoms with Gasteiger partial charge in [-0.3, -0.25) is 0 Å². The maximum atomic E-state index is 2.46. The SMILES string of the molecule is Cc1cccc(N(c2ccc3c(c2)C(C)(C)c2cc(N(c4ccccc4)c4cccc5ccccc45)ccc2-3)c2cc3ccccc3c3ccccc23)c1. The molecular formula is C52H40N2. The maximum absolute atomic E-state index is 2.46. The number of fused-ring (bicyclic) bond motifs is 7. The summed E-state index contributed by atoms with van der Waals surface area (Å²) in [6.07, 6.45) is 0. The van der Waals surface area contributed by atoms with E-state index in [4.69, 9.17) is 0 Å². The fraction of sp³-hybridized carbons (Fsp3) is 0.0769. The number of nitrogens with zero attached hydrogens (tertiary/aromatic N) is 2. The summed E-state index contributed by atoms with van der Waals surface area (Å²) in [7, 11) is 0. The maximum Gasteiger partial charge on any atom is 0.0546 e. The van der Waals surface area contributed by atoms with E-state index >= 15 is 0 Å². The first kappa shape index (κ1) is 32.0. The van der Waals surface area contributed by atoms with Gasteiger partial charge >= 0.3 is 0 Å². The lowest BCUT2D eigenvalue weighted by Gasteiger charge is -2.30. The number of hydrogen-bond acceptors (Lipinski definition) is 2. The van der Waals surface area contributed by atoms with Crippen LogP contribution in [-0.2, 0) is 5.41 Å². The minimum Gasteiger partial charge on any atom is -0.310 e. The van der Waals surface area contributed by atoms with Gasteiger partial charge in [0.1, 0.15) is 0 Å². The van der Waals surface area contributed by atoms with Gasteiger partial charge in [-0.15, -0.1) is 0 Å². The van der Waals surface area contributed by atoms with Gasteiger partial charge in [0.15, 0.2) is 0 Å². The zero-order chi connectivity index (χ0) is 36.4. The third-order valence-electron chi connectivity index (χ3n) is 11.4. The van der Waals surface area contributed by atoms with Crippen molar-refractivity contribution in [3.63, 3.8) is 0 Å². The van der Waals surface area contributed by atoms with Crippen LogP contribution in [-0.4, -0.2) is 0 Å². The Labute approximate surface area is 317 Å². The predicted molar refractivity (Wildman–Crippen MR) is 231 cm³/mol. The van der Waals surface area contributed by atoms with E-state index in [0.717, 1.165) is 22.7 Å². The van der Waals surface area contributed by atoms with Crippen molar-refractivity contribution in [1.82, 2.24) is 0 Å². The number of aryl methyl sites for hydroxylation is 1.